The molecule has 1 aromatic rings. The number of likely N-dealkylation sites (N-methyl/N-ethyl adjacent to an activating group) is 1. The minimum absolute atomic E-state index is 0.0972. The smallest absolute Gasteiger partial charge is 0.338 e. The van der Waals surface area contributed by atoms with E-state index in [1.54, 1.807) is 52.0 Å². The lowest BCUT2D eigenvalue weighted by Gasteiger charge is -2.48. The van der Waals surface area contributed by atoms with E-state index in [1.165, 1.54) is 7.11 Å². The van der Waals surface area contributed by atoms with Gasteiger partial charge in [-0.2, -0.15) is 0 Å². The van der Waals surface area contributed by atoms with Crippen LogP contribution in [0, 0.1) is 17.8 Å². The van der Waals surface area contributed by atoms with Crippen molar-refractivity contribution in [1.29, 1.82) is 0 Å². The first-order chi connectivity index (χ1) is 21.1. The maximum absolute atomic E-state index is 13.3. The van der Waals surface area contributed by atoms with E-state index < -0.39 is 66.2 Å². The second-order valence-electron chi connectivity index (χ2n) is 13.1. The van der Waals surface area contributed by atoms with Crippen molar-refractivity contribution in [2.24, 2.45) is 17.8 Å². The van der Waals surface area contributed by atoms with Gasteiger partial charge in [0.25, 0.3) is 0 Å². The van der Waals surface area contributed by atoms with Crippen LogP contribution in [0.4, 0.5) is 0 Å². The first kappa shape index (κ1) is 39.1. The molecule has 0 aromatic heterocycles. The molecule has 1 fully saturated rings. The van der Waals surface area contributed by atoms with Crippen molar-refractivity contribution in [3.05, 3.63) is 35.9 Å². The summed E-state index contributed by atoms with van der Waals surface area (Å²) in [5.74, 6) is -3.04. The number of nitrogens with zero attached hydrogens (tertiary/aromatic N) is 1. The Balaban J connectivity index is 2.51. The number of rotatable bonds is 17. The van der Waals surface area contributed by atoms with Crippen LogP contribution < -0.4 is 0 Å². The number of carbonyl (C=O) groups is 2. The highest BCUT2D eigenvalue weighted by Crippen LogP contribution is 2.38. The van der Waals surface area contributed by atoms with Crippen LogP contribution in [-0.4, -0.2) is 115 Å². The van der Waals surface area contributed by atoms with Gasteiger partial charge in [0.05, 0.1) is 47.5 Å². The first-order valence-electron chi connectivity index (χ1n) is 16.1. The van der Waals surface area contributed by atoms with E-state index in [1.807, 2.05) is 45.8 Å². The molecule has 0 radical (unpaired) electrons. The average Bonchev–Trinajstić information content (AvgIpc) is 3.01. The molecule has 11 heteroatoms. The Hall–Kier alpha value is -2.12. The number of carbonyl (C=O) groups excluding carboxylic acids is 2. The molecule has 0 aliphatic carbocycles. The number of hydrogen-bond acceptors (Lipinski definition) is 11. The van der Waals surface area contributed by atoms with Crippen LogP contribution in [0.5, 0.6) is 0 Å². The van der Waals surface area contributed by atoms with Crippen LogP contribution in [0.2, 0.25) is 0 Å². The fourth-order valence-corrected chi connectivity index (χ4v) is 6.13. The lowest BCUT2D eigenvalue weighted by Crippen LogP contribution is -2.60. The van der Waals surface area contributed by atoms with Crippen molar-refractivity contribution in [2.75, 3.05) is 27.8 Å². The molecule has 11 nitrogen and oxygen atoms in total. The zero-order chi connectivity index (χ0) is 34.1. The lowest BCUT2D eigenvalue weighted by atomic mass is 9.78. The standard InChI is InChI=1S/C34H57NO10/c1-11-27(24(6)37)43-31(39)23(5)28(38)22(4)30(34(7,41-10)18-20(2)19-36)45-33-29(26(35(8)9)17-21(3)42-33)44-32(40)25-15-13-12-14-16-25/h12-16,20-24,26-30,33,36-38H,11,17-19H2,1-10H3/t20-,21-,22+,23-,24?,26+,27-,28+,29-,30-,33?,34-/m1/s1. The Morgan fingerprint density at radius 1 is 1.11 bits per heavy atom. The Bertz CT molecular complexity index is 1040. The largest absolute Gasteiger partial charge is 0.459 e. The van der Waals surface area contributed by atoms with E-state index in [9.17, 15) is 24.9 Å². The molecule has 0 saturated carbocycles. The first-order valence-corrected chi connectivity index (χ1v) is 16.1. The predicted octanol–water partition coefficient (Wildman–Crippen LogP) is 3.42. The number of aliphatic hydroxyl groups excluding tert-OH is 3. The number of aliphatic hydroxyl groups is 3. The summed E-state index contributed by atoms with van der Waals surface area (Å²) >= 11 is 0. The molecule has 1 aromatic carbocycles. The summed E-state index contributed by atoms with van der Waals surface area (Å²) in [4.78, 5) is 28.4. The molecule has 3 N–H and O–H groups in total. The van der Waals surface area contributed by atoms with Crippen molar-refractivity contribution in [3.8, 4) is 0 Å². The lowest BCUT2D eigenvalue weighted by molar-refractivity contribution is -0.301. The van der Waals surface area contributed by atoms with E-state index in [4.69, 9.17) is 23.7 Å². The molecule has 0 spiro atoms. The Morgan fingerprint density at radius 2 is 1.73 bits per heavy atom. The number of ether oxygens (including phenoxy) is 5. The molecule has 12 atom stereocenters. The molecular weight excluding hydrogens is 582 g/mol. The molecule has 0 bridgehead atoms. The van der Waals surface area contributed by atoms with E-state index in [0.717, 1.165) is 0 Å². The highest BCUT2D eigenvalue weighted by atomic mass is 16.7. The van der Waals surface area contributed by atoms with Crippen molar-refractivity contribution in [3.63, 3.8) is 0 Å². The van der Waals surface area contributed by atoms with E-state index in [2.05, 4.69) is 0 Å². The quantitative estimate of drug-likeness (QED) is 0.216. The Morgan fingerprint density at radius 3 is 2.24 bits per heavy atom. The molecule has 258 valence electrons. The third-order valence-electron chi connectivity index (χ3n) is 9.03. The van der Waals surface area contributed by atoms with E-state index >= 15 is 0 Å². The van der Waals surface area contributed by atoms with Gasteiger partial charge in [-0.15, -0.1) is 0 Å². The molecule has 45 heavy (non-hydrogen) atoms. The monoisotopic (exact) mass is 639 g/mol. The highest BCUT2D eigenvalue weighted by molar-refractivity contribution is 5.89. The second kappa shape index (κ2) is 17.7. The van der Waals surface area contributed by atoms with Crippen molar-refractivity contribution >= 4 is 11.9 Å². The SMILES string of the molecule is CC[C@@H](OC(=O)[C@H](C)[C@@H](O)[C@H](C)[C@@H](OC1O[C@H](C)C[C@H](N(C)C)[C@H]1OC(=O)c1ccccc1)[C@@](C)(C[C@@H](C)CO)OC)C(C)O. The van der Waals surface area contributed by atoms with Gasteiger partial charge in [-0.05, 0) is 79.1 Å². The Labute approximate surface area is 269 Å². The van der Waals surface area contributed by atoms with Crippen molar-refractivity contribution < 1.29 is 48.6 Å². The predicted molar refractivity (Wildman–Crippen MR) is 169 cm³/mol. The van der Waals surface area contributed by atoms with Gasteiger partial charge in [0.1, 0.15) is 6.10 Å². The second-order valence-corrected chi connectivity index (χ2v) is 13.1. The van der Waals surface area contributed by atoms with Crippen LogP contribution in [0.1, 0.15) is 78.1 Å². The van der Waals surface area contributed by atoms with Gasteiger partial charge in [-0.1, -0.05) is 39.0 Å². The Kier molecular flexibility index (Phi) is 15.4. The van der Waals surface area contributed by atoms with Gasteiger partial charge in [-0.3, -0.25) is 4.79 Å². The van der Waals surface area contributed by atoms with Crippen molar-refractivity contribution in [1.82, 2.24) is 4.90 Å². The molecular formula is C34H57NO10. The summed E-state index contributed by atoms with van der Waals surface area (Å²) < 4.78 is 30.8. The zero-order valence-electron chi connectivity index (χ0n) is 28.7. The molecule has 1 saturated heterocycles. The fourth-order valence-electron chi connectivity index (χ4n) is 6.13. The number of hydrogen-bond donors (Lipinski definition) is 3. The normalized spacial score (nSPS) is 26.5. The minimum atomic E-state index is -1.25. The van der Waals surface area contributed by atoms with Gasteiger partial charge in [0.2, 0.25) is 0 Å². The van der Waals surface area contributed by atoms with Gasteiger partial charge in [0, 0.05) is 19.6 Å². The van der Waals surface area contributed by atoms with Crippen LogP contribution in [0.15, 0.2) is 30.3 Å². The van der Waals surface area contributed by atoms with E-state index in [0.29, 0.717) is 24.8 Å². The summed E-state index contributed by atoms with van der Waals surface area (Å²) in [7, 11) is 5.34. The molecule has 2 rings (SSSR count). The van der Waals surface area contributed by atoms with Crippen molar-refractivity contribution in [2.45, 2.75) is 122 Å². The highest BCUT2D eigenvalue weighted by Gasteiger charge is 2.50. The van der Waals surface area contributed by atoms with E-state index in [-0.39, 0.29) is 24.7 Å². The average molecular weight is 640 g/mol. The zero-order valence-corrected chi connectivity index (χ0v) is 28.7. The number of methoxy groups -OCH3 is 1. The van der Waals surface area contributed by atoms with Gasteiger partial charge >= 0.3 is 11.9 Å². The van der Waals surface area contributed by atoms with Gasteiger partial charge in [-0.25, -0.2) is 4.79 Å². The molecule has 1 aliphatic rings. The maximum Gasteiger partial charge on any atom is 0.338 e. The minimum Gasteiger partial charge on any atom is -0.459 e. The van der Waals surface area contributed by atoms with Crippen LogP contribution >= 0.6 is 0 Å². The topological polar surface area (TPSA) is 144 Å². The maximum atomic E-state index is 13.3. The van der Waals surface area contributed by atoms with Crippen LogP contribution in [0.25, 0.3) is 0 Å². The summed E-state index contributed by atoms with van der Waals surface area (Å²) in [5, 5.41) is 31.5. The van der Waals surface area contributed by atoms with Gasteiger partial charge < -0.3 is 43.9 Å². The summed E-state index contributed by atoms with van der Waals surface area (Å²) in [6.07, 6.45) is -4.49. The third-order valence-corrected chi connectivity index (χ3v) is 9.03. The van der Waals surface area contributed by atoms with Crippen LogP contribution in [0.3, 0.4) is 0 Å². The van der Waals surface area contributed by atoms with Crippen LogP contribution in [-0.2, 0) is 28.5 Å². The summed E-state index contributed by atoms with van der Waals surface area (Å²) in [6, 6.07) is 8.43. The number of benzene rings is 1. The number of esters is 2. The molecule has 2 unspecified atom stereocenters. The molecule has 1 heterocycles. The third kappa shape index (κ3) is 10.4. The molecule has 0 amide bonds. The fraction of sp³-hybridized carbons (Fsp3) is 0.765. The molecule has 1 aliphatic heterocycles. The van der Waals surface area contributed by atoms with Gasteiger partial charge in [0.15, 0.2) is 12.4 Å². The summed E-state index contributed by atoms with van der Waals surface area (Å²) in [6.45, 7) is 12.2. The summed E-state index contributed by atoms with van der Waals surface area (Å²) in [5.41, 5.74) is -0.676.